The monoisotopic (exact) mass is 257 g/mol. The molecule has 0 saturated carbocycles. The van der Waals surface area contributed by atoms with Gasteiger partial charge in [0.2, 0.25) is 0 Å². The van der Waals surface area contributed by atoms with Gasteiger partial charge in [0.05, 0.1) is 12.5 Å². The molecule has 0 radical (unpaired) electrons. The topological polar surface area (TPSA) is 40.9 Å². The lowest BCUT2D eigenvalue weighted by molar-refractivity contribution is -0.116. The molecule has 0 aliphatic rings. The fourth-order valence-corrected chi connectivity index (χ4v) is 1.77. The van der Waals surface area contributed by atoms with E-state index in [2.05, 4.69) is 0 Å². The standard InChI is InChI=1S/C12H10ClF2NO/c1-7(17)11(13)9-3-2-4-10(12(14)15)8(9)5-6-16/h2-4,11-12H,5H2,1H3. The van der Waals surface area contributed by atoms with E-state index in [1.165, 1.54) is 25.1 Å². The second-order valence-electron chi connectivity index (χ2n) is 3.52. The summed E-state index contributed by atoms with van der Waals surface area (Å²) in [4.78, 5) is 11.2. The van der Waals surface area contributed by atoms with Gasteiger partial charge in [-0.25, -0.2) is 8.78 Å². The number of benzene rings is 1. The van der Waals surface area contributed by atoms with Crippen LogP contribution in [0.15, 0.2) is 18.2 Å². The van der Waals surface area contributed by atoms with E-state index in [0.717, 1.165) is 0 Å². The third-order valence-corrected chi connectivity index (χ3v) is 2.91. The van der Waals surface area contributed by atoms with E-state index in [9.17, 15) is 13.6 Å². The highest BCUT2D eigenvalue weighted by Crippen LogP contribution is 2.32. The number of ketones is 1. The quantitative estimate of drug-likeness (QED) is 0.774. The van der Waals surface area contributed by atoms with Gasteiger partial charge in [-0.05, 0) is 18.1 Å². The second-order valence-corrected chi connectivity index (χ2v) is 3.96. The van der Waals surface area contributed by atoms with E-state index < -0.39 is 11.8 Å². The van der Waals surface area contributed by atoms with Gasteiger partial charge in [-0.2, -0.15) is 5.26 Å². The number of hydrogen-bond donors (Lipinski definition) is 0. The number of carbonyl (C=O) groups excluding carboxylic acids is 1. The number of Topliss-reactive ketones (excluding diaryl/α,β-unsaturated/α-hetero) is 1. The molecule has 0 saturated heterocycles. The molecule has 1 aromatic rings. The van der Waals surface area contributed by atoms with Crippen LogP contribution in [0.1, 0.15) is 35.4 Å². The lowest BCUT2D eigenvalue weighted by atomic mass is 9.95. The highest BCUT2D eigenvalue weighted by Gasteiger charge is 2.22. The fraction of sp³-hybridized carbons (Fsp3) is 0.333. The Balaban J connectivity index is 3.35. The molecule has 1 unspecified atom stereocenters. The van der Waals surface area contributed by atoms with E-state index in [0.29, 0.717) is 5.56 Å². The first kappa shape index (κ1) is 13.6. The van der Waals surface area contributed by atoms with E-state index in [1.807, 2.05) is 6.07 Å². The number of rotatable bonds is 4. The molecule has 1 aromatic carbocycles. The maximum absolute atomic E-state index is 12.8. The minimum atomic E-state index is -2.69. The Hall–Kier alpha value is -1.47. The van der Waals surface area contributed by atoms with Crippen molar-refractivity contribution < 1.29 is 13.6 Å². The Morgan fingerprint density at radius 1 is 1.47 bits per heavy atom. The number of carbonyl (C=O) groups is 1. The van der Waals surface area contributed by atoms with Crippen LogP contribution >= 0.6 is 11.6 Å². The van der Waals surface area contributed by atoms with Gasteiger partial charge < -0.3 is 0 Å². The normalized spacial score (nSPS) is 12.2. The first-order valence-electron chi connectivity index (χ1n) is 4.90. The molecular formula is C12H10ClF2NO. The van der Waals surface area contributed by atoms with Crippen molar-refractivity contribution in [3.63, 3.8) is 0 Å². The van der Waals surface area contributed by atoms with Crippen molar-refractivity contribution in [3.05, 3.63) is 34.9 Å². The third kappa shape index (κ3) is 3.01. The molecule has 0 aliphatic heterocycles. The van der Waals surface area contributed by atoms with Crippen molar-refractivity contribution in [3.8, 4) is 6.07 Å². The van der Waals surface area contributed by atoms with E-state index in [4.69, 9.17) is 16.9 Å². The summed E-state index contributed by atoms with van der Waals surface area (Å²) in [5.74, 6) is -0.336. The van der Waals surface area contributed by atoms with Crippen LogP contribution in [0.2, 0.25) is 0 Å². The maximum atomic E-state index is 12.8. The molecule has 0 heterocycles. The molecule has 90 valence electrons. The molecule has 17 heavy (non-hydrogen) atoms. The molecule has 0 aliphatic carbocycles. The Bertz CT molecular complexity index is 468. The van der Waals surface area contributed by atoms with E-state index in [1.54, 1.807) is 0 Å². The zero-order valence-corrected chi connectivity index (χ0v) is 9.84. The van der Waals surface area contributed by atoms with Gasteiger partial charge in [-0.1, -0.05) is 18.2 Å². The van der Waals surface area contributed by atoms with Gasteiger partial charge in [0.1, 0.15) is 5.38 Å². The average molecular weight is 258 g/mol. The summed E-state index contributed by atoms with van der Waals surface area (Å²) in [6.07, 6.45) is -2.87. The van der Waals surface area contributed by atoms with Crippen molar-refractivity contribution in [1.29, 1.82) is 5.26 Å². The predicted molar refractivity (Wildman–Crippen MR) is 60.0 cm³/mol. The van der Waals surface area contributed by atoms with Crippen LogP contribution < -0.4 is 0 Å². The highest BCUT2D eigenvalue weighted by molar-refractivity contribution is 6.30. The minimum Gasteiger partial charge on any atom is -0.298 e. The summed E-state index contributed by atoms with van der Waals surface area (Å²) in [5.41, 5.74) is 0.203. The molecule has 0 bridgehead atoms. The van der Waals surface area contributed by atoms with Crippen LogP contribution in [0.5, 0.6) is 0 Å². The zero-order chi connectivity index (χ0) is 13.0. The molecule has 1 atom stereocenters. The molecule has 0 N–H and O–H groups in total. The largest absolute Gasteiger partial charge is 0.298 e. The lowest BCUT2D eigenvalue weighted by Gasteiger charge is -2.14. The molecule has 0 aromatic heterocycles. The average Bonchev–Trinajstić information content (AvgIpc) is 2.28. The lowest BCUT2D eigenvalue weighted by Crippen LogP contribution is -2.07. The number of nitrogens with zero attached hydrogens (tertiary/aromatic N) is 1. The summed E-state index contributed by atoms with van der Waals surface area (Å²) in [7, 11) is 0. The molecule has 2 nitrogen and oxygen atoms in total. The van der Waals surface area contributed by atoms with Crippen LogP contribution in [0.25, 0.3) is 0 Å². The fourth-order valence-electron chi connectivity index (χ4n) is 1.57. The van der Waals surface area contributed by atoms with Gasteiger partial charge in [-0.15, -0.1) is 11.6 Å². The molecule has 5 heteroatoms. The van der Waals surface area contributed by atoms with Gasteiger partial charge in [0, 0.05) is 5.56 Å². The molecule has 0 fully saturated rings. The molecule has 0 spiro atoms. The van der Waals surface area contributed by atoms with Crippen molar-refractivity contribution in [2.45, 2.75) is 25.1 Å². The number of hydrogen-bond acceptors (Lipinski definition) is 2. The summed E-state index contributed by atoms with van der Waals surface area (Å²) in [5, 5.41) is 7.66. The van der Waals surface area contributed by atoms with Crippen molar-refractivity contribution >= 4 is 17.4 Å². The van der Waals surface area contributed by atoms with Crippen LogP contribution in [0.3, 0.4) is 0 Å². The van der Waals surface area contributed by atoms with Crippen molar-refractivity contribution in [2.24, 2.45) is 0 Å². The third-order valence-electron chi connectivity index (χ3n) is 2.37. The first-order chi connectivity index (χ1) is 7.99. The summed E-state index contributed by atoms with van der Waals surface area (Å²) in [6.45, 7) is 1.28. The Morgan fingerprint density at radius 2 is 2.06 bits per heavy atom. The number of halogens is 3. The molecule has 1 rings (SSSR count). The molecule has 0 amide bonds. The van der Waals surface area contributed by atoms with E-state index >= 15 is 0 Å². The minimum absolute atomic E-state index is 0.153. The second kappa shape index (κ2) is 5.74. The smallest absolute Gasteiger partial charge is 0.264 e. The zero-order valence-electron chi connectivity index (χ0n) is 9.08. The number of alkyl halides is 3. The summed E-state index contributed by atoms with van der Waals surface area (Å²) in [6, 6.07) is 5.96. The number of nitriles is 1. The SMILES string of the molecule is CC(=O)C(Cl)c1cccc(C(F)F)c1CC#N. The van der Waals surface area contributed by atoms with Gasteiger partial charge in [-0.3, -0.25) is 4.79 Å². The van der Waals surface area contributed by atoms with Crippen LogP contribution in [-0.4, -0.2) is 5.78 Å². The van der Waals surface area contributed by atoms with Gasteiger partial charge in [0.15, 0.2) is 5.78 Å². The summed E-state index contributed by atoms with van der Waals surface area (Å²) >= 11 is 5.85. The van der Waals surface area contributed by atoms with Crippen LogP contribution in [0.4, 0.5) is 8.78 Å². The first-order valence-corrected chi connectivity index (χ1v) is 5.34. The van der Waals surface area contributed by atoms with E-state index in [-0.39, 0.29) is 23.3 Å². The Labute approximate surface area is 103 Å². The van der Waals surface area contributed by atoms with Gasteiger partial charge in [0.25, 0.3) is 6.43 Å². The Morgan fingerprint density at radius 3 is 2.53 bits per heavy atom. The Kier molecular flexibility index (Phi) is 4.59. The highest BCUT2D eigenvalue weighted by atomic mass is 35.5. The summed E-state index contributed by atoms with van der Waals surface area (Å²) < 4.78 is 25.5. The van der Waals surface area contributed by atoms with Gasteiger partial charge >= 0.3 is 0 Å². The van der Waals surface area contributed by atoms with Crippen molar-refractivity contribution in [2.75, 3.05) is 0 Å². The van der Waals surface area contributed by atoms with Crippen LogP contribution in [0, 0.1) is 11.3 Å². The van der Waals surface area contributed by atoms with Crippen LogP contribution in [-0.2, 0) is 11.2 Å². The molecular weight excluding hydrogens is 248 g/mol. The van der Waals surface area contributed by atoms with Crippen molar-refractivity contribution in [1.82, 2.24) is 0 Å². The maximum Gasteiger partial charge on any atom is 0.264 e. The predicted octanol–water partition coefficient (Wildman–Crippen LogP) is 3.56.